The van der Waals surface area contributed by atoms with E-state index < -0.39 is 0 Å². The lowest BCUT2D eigenvalue weighted by Gasteiger charge is -2.60. The largest absolute Gasteiger partial charge is 0.299 e. The molecule has 0 aromatic heterocycles. The molecule has 3 aliphatic carbocycles. The Kier molecular flexibility index (Phi) is 3.46. The lowest BCUT2D eigenvalue weighted by atomic mass is 9.43. The van der Waals surface area contributed by atoms with Gasteiger partial charge < -0.3 is 0 Å². The van der Waals surface area contributed by atoms with Gasteiger partial charge in [-0.2, -0.15) is 0 Å². The normalized spacial score (nSPS) is 48.0. The van der Waals surface area contributed by atoms with Crippen LogP contribution in [0.5, 0.6) is 0 Å². The zero-order valence-corrected chi connectivity index (χ0v) is 15.9. The van der Waals surface area contributed by atoms with Gasteiger partial charge in [-0.05, 0) is 66.6 Å². The number of Topliss-reactive ketones (excluding diaryl/α,β-unsaturated/α-hetero) is 1. The molecule has 0 aliphatic heterocycles. The Labute approximate surface area is 137 Å². The molecule has 5 atom stereocenters. The topological polar surface area (TPSA) is 17.1 Å². The van der Waals surface area contributed by atoms with Crippen LogP contribution in [0, 0.1) is 39.4 Å². The Morgan fingerprint density at radius 2 is 1.68 bits per heavy atom. The average molecular weight is 305 g/mol. The van der Waals surface area contributed by atoms with Crippen LogP contribution in [0.25, 0.3) is 0 Å². The number of carbonyl (C=O) groups excluding carboxylic acids is 1. The van der Waals surface area contributed by atoms with Crippen molar-refractivity contribution in [2.24, 2.45) is 39.4 Å². The van der Waals surface area contributed by atoms with Gasteiger partial charge in [0.15, 0.2) is 0 Å². The molecule has 22 heavy (non-hydrogen) atoms. The highest BCUT2D eigenvalue weighted by Crippen LogP contribution is 2.71. The Hall–Kier alpha value is -0.330. The van der Waals surface area contributed by atoms with Crippen LogP contribution in [0.1, 0.15) is 87.0 Å². The molecule has 5 unspecified atom stereocenters. The first-order valence-corrected chi connectivity index (χ1v) is 9.47. The van der Waals surface area contributed by atoms with Crippen LogP contribution < -0.4 is 0 Å². The van der Waals surface area contributed by atoms with Crippen LogP contribution in [-0.4, -0.2) is 5.78 Å². The summed E-state index contributed by atoms with van der Waals surface area (Å²) in [5, 5.41) is 0. The smallest absolute Gasteiger partial charge is 0.142 e. The molecular formula is C21H36O. The van der Waals surface area contributed by atoms with Crippen LogP contribution >= 0.6 is 0 Å². The van der Waals surface area contributed by atoms with Crippen molar-refractivity contribution in [1.29, 1.82) is 0 Å². The summed E-state index contributed by atoms with van der Waals surface area (Å²) in [4.78, 5) is 13.6. The number of hydrogen-bond donors (Lipinski definition) is 0. The monoisotopic (exact) mass is 304 g/mol. The molecule has 0 aromatic rings. The predicted molar refractivity (Wildman–Crippen MR) is 92.6 cm³/mol. The fourth-order valence-corrected chi connectivity index (χ4v) is 6.85. The summed E-state index contributed by atoms with van der Waals surface area (Å²) >= 11 is 0. The minimum absolute atomic E-state index is 0.0403. The van der Waals surface area contributed by atoms with Crippen molar-refractivity contribution in [3.8, 4) is 0 Å². The second-order valence-electron chi connectivity index (χ2n) is 10.9. The summed E-state index contributed by atoms with van der Waals surface area (Å²) < 4.78 is 0. The molecule has 3 rings (SSSR count). The summed E-state index contributed by atoms with van der Waals surface area (Å²) in [6.07, 6.45) is 7.40. The SMILES string of the molecule is CC1CCC(C)(C(C)(C)C)C2(CC3CC2CC(C)(C)C3)C1=O. The third-order valence-electron chi connectivity index (χ3n) is 8.17. The van der Waals surface area contributed by atoms with E-state index >= 15 is 0 Å². The highest BCUT2D eigenvalue weighted by Gasteiger charge is 2.68. The van der Waals surface area contributed by atoms with E-state index in [1.165, 1.54) is 32.1 Å². The number of hydrogen-bond acceptors (Lipinski definition) is 1. The quantitative estimate of drug-likeness (QED) is 0.547. The molecule has 3 saturated carbocycles. The van der Waals surface area contributed by atoms with Crippen LogP contribution in [0.2, 0.25) is 0 Å². The third-order valence-corrected chi connectivity index (χ3v) is 8.17. The van der Waals surface area contributed by atoms with Gasteiger partial charge in [0.25, 0.3) is 0 Å². The molecule has 3 aliphatic rings. The molecular weight excluding hydrogens is 268 g/mol. The van der Waals surface area contributed by atoms with Gasteiger partial charge in [0.2, 0.25) is 0 Å². The van der Waals surface area contributed by atoms with E-state index in [2.05, 4.69) is 48.5 Å². The van der Waals surface area contributed by atoms with E-state index in [9.17, 15) is 4.79 Å². The molecule has 1 nitrogen and oxygen atoms in total. The van der Waals surface area contributed by atoms with Crippen LogP contribution in [0.15, 0.2) is 0 Å². The van der Waals surface area contributed by atoms with Gasteiger partial charge in [-0.1, -0.05) is 48.5 Å². The number of rotatable bonds is 0. The molecule has 3 fully saturated rings. The van der Waals surface area contributed by atoms with Gasteiger partial charge in [0.05, 0.1) is 0 Å². The zero-order valence-electron chi connectivity index (χ0n) is 15.9. The summed E-state index contributed by atoms with van der Waals surface area (Å²) in [5.41, 5.74) is 0.742. The average Bonchev–Trinajstić information content (AvgIpc) is 2.63. The van der Waals surface area contributed by atoms with Gasteiger partial charge in [-0.25, -0.2) is 0 Å². The third kappa shape index (κ3) is 1.99. The van der Waals surface area contributed by atoms with Gasteiger partial charge in [0, 0.05) is 11.3 Å². The zero-order chi connectivity index (χ0) is 16.6. The number of fused-ring (bicyclic) bond motifs is 3. The molecule has 1 spiro atoms. The maximum absolute atomic E-state index is 13.6. The highest BCUT2D eigenvalue weighted by molar-refractivity contribution is 5.89. The van der Waals surface area contributed by atoms with Crippen molar-refractivity contribution in [2.45, 2.75) is 87.0 Å². The van der Waals surface area contributed by atoms with E-state index in [-0.39, 0.29) is 22.2 Å². The van der Waals surface area contributed by atoms with Crippen molar-refractivity contribution in [3.63, 3.8) is 0 Å². The van der Waals surface area contributed by atoms with Gasteiger partial charge >= 0.3 is 0 Å². The van der Waals surface area contributed by atoms with Crippen LogP contribution in [-0.2, 0) is 4.79 Å². The minimum atomic E-state index is -0.0403. The van der Waals surface area contributed by atoms with E-state index in [4.69, 9.17) is 0 Å². The second-order valence-corrected chi connectivity index (χ2v) is 10.9. The van der Waals surface area contributed by atoms with E-state index in [1.54, 1.807) is 0 Å². The summed E-state index contributed by atoms with van der Waals surface area (Å²) in [6.45, 7) is 16.7. The van der Waals surface area contributed by atoms with Crippen molar-refractivity contribution in [3.05, 3.63) is 0 Å². The highest BCUT2D eigenvalue weighted by atomic mass is 16.1. The first-order valence-electron chi connectivity index (χ1n) is 9.47. The first-order chi connectivity index (χ1) is 9.93. The molecule has 0 N–H and O–H groups in total. The van der Waals surface area contributed by atoms with Crippen LogP contribution in [0.3, 0.4) is 0 Å². The molecule has 0 aromatic carbocycles. The Bertz CT molecular complexity index is 483. The fraction of sp³-hybridized carbons (Fsp3) is 0.952. The predicted octanol–water partition coefficient (Wildman–Crippen LogP) is 5.87. The molecule has 126 valence electrons. The van der Waals surface area contributed by atoms with Crippen LogP contribution in [0.4, 0.5) is 0 Å². The van der Waals surface area contributed by atoms with Crippen molar-refractivity contribution in [2.75, 3.05) is 0 Å². The molecule has 2 bridgehead atoms. The minimum Gasteiger partial charge on any atom is -0.299 e. The van der Waals surface area contributed by atoms with E-state index in [0.29, 0.717) is 17.1 Å². The lowest BCUT2D eigenvalue weighted by Crippen LogP contribution is -2.59. The molecule has 0 amide bonds. The standard InChI is InChI=1S/C21H36O/c1-14-8-9-20(7,18(2,3)4)21(17(14)22)12-15-10-16(21)13-19(5,6)11-15/h14-16H,8-13H2,1-7H3. The van der Waals surface area contributed by atoms with Gasteiger partial charge in [-0.3, -0.25) is 4.79 Å². The van der Waals surface area contributed by atoms with E-state index in [0.717, 1.165) is 12.3 Å². The maximum atomic E-state index is 13.6. The number of carbonyl (C=O) groups is 1. The molecule has 0 heterocycles. The summed E-state index contributed by atoms with van der Waals surface area (Å²) in [7, 11) is 0. The lowest BCUT2D eigenvalue weighted by molar-refractivity contribution is -0.166. The fourth-order valence-electron chi connectivity index (χ4n) is 6.85. The Morgan fingerprint density at radius 3 is 2.27 bits per heavy atom. The summed E-state index contributed by atoms with van der Waals surface area (Å²) in [6, 6.07) is 0. The summed E-state index contributed by atoms with van der Waals surface area (Å²) in [5.74, 6) is 2.31. The Morgan fingerprint density at radius 1 is 1.05 bits per heavy atom. The molecule has 0 radical (unpaired) electrons. The van der Waals surface area contributed by atoms with E-state index in [1.807, 2.05) is 0 Å². The molecule has 1 heteroatoms. The first kappa shape index (κ1) is 16.5. The maximum Gasteiger partial charge on any atom is 0.142 e. The van der Waals surface area contributed by atoms with Crippen molar-refractivity contribution in [1.82, 2.24) is 0 Å². The second kappa shape index (κ2) is 4.61. The van der Waals surface area contributed by atoms with Crippen molar-refractivity contribution >= 4 is 5.78 Å². The number of ketones is 1. The Balaban J connectivity index is 2.13. The van der Waals surface area contributed by atoms with Gasteiger partial charge in [0.1, 0.15) is 5.78 Å². The van der Waals surface area contributed by atoms with Crippen molar-refractivity contribution < 1.29 is 4.79 Å². The van der Waals surface area contributed by atoms with Gasteiger partial charge in [-0.15, -0.1) is 0 Å². The molecule has 0 saturated heterocycles.